The van der Waals surface area contributed by atoms with Crippen molar-refractivity contribution >= 4 is 57.6 Å². The summed E-state index contributed by atoms with van der Waals surface area (Å²) in [6, 6.07) is 17.3. The van der Waals surface area contributed by atoms with Crippen molar-refractivity contribution in [3.05, 3.63) is 87.5 Å². The first-order chi connectivity index (χ1) is 13.5. The molecule has 1 aromatic heterocycles. The van der Waals surface area contributed by atoms with E-state index >= 15 is 0 Å². The Labute approximate surface area is 178 Å². The van der Waals surface area contributed by atoms with E-state index in [1.54, 1.807) is 12.1 Å². The quantitative estimate of drug-likeness (QED) is 0.372. The molecule has 28 heavy (non-hydrogen) atoms. The standard InChI is InChI=1S/C22H17ClN2OS2/c1-14-13-24(17-8-4-3-5-9-17)15(2)19(14)12-20-21(26)25(22(27)28-20)18-10-6-7-16(23)11-18/h3-13H,1-2H3. The molecule has 0 spiro atoms. The van der Waals surface area contributed by atoms with Crippen molar-refractivity contribution in [2.45, 2.75) is 13.8 Å². The number of carbonyl (C=O) groups excluding carboxylic acids is 1. The maximum absolute atomic E-state index is 13.0. The van der Waals surface area contributed by atoms with Crippen LogP contribution in [0.2, 0.25) is 5.02 Å². The number of anilines is 1. The summed E-state index contributed by atoms with van der Waals surface area (Å²) < 4.78 is 2.65. The molecule has 2 heterocycles. The lowest BCUT2D eigenvalue weighted by molar-refractivity contribution is -0.113. The first kappa shape index (κ1) is 19.0. The van der Waals surface area contributed by atoms with E-state index in [-0.39, 0.29) is 5.91 Å². The summed E-state index contributed by atoms with van der Waals surface area (Å²) in [5, 5.41) is 0.571. The predicted octanol–water partition coefficient (Wildman–Crippen LogP) is 6.15. The van der Waals surface area contributed by atoms with Gasteiger partial charge in [0.2, 0.25) is 0 Å². The molecule has 2 aromatic carbocycles. The van der Waals surface area contributed by atoms with Crippen LogP contribution >= 0.6 is 35.6 Å². The molecule has 1 amide bonds. The Kier molecular flexibility index (Phi) is 5.15. The summed E-state index contributed by atoms with van der Waals surface area (Å²) in [5.41, 5.74) is 5.00. The smallest absolute Gasteiger partial charge is 0.270 e. The number of amides is 1. The van der Waals surface area contributed by atoms with Gasteiger partial charge < -0.3 is 4.57 Å². The molecule has 0 bridgehead atoms. The highest BCUT2D eigenvalue weighted by atomic mass is 35.5. The van der Waals surface area contributed by atoms with Crippen molar-refractivity contribution in [2.75, 3.05) is 4.90 Å². The van der Waals surface area contributed by atoms with Crippen molar-refractivity contribution in [1.82, 2.24) is 4.57 Å². The average molecular weight is 425 g/mol. The van der Waals surface area contributed by atoms with Gasteiger partial charge in [0.25, 0.3) is 5.91 Å². The van der Waals surface area contributed by atoms with E-state index in [1.807, 2.05) is 36.4 Å². The summed E-state index contributed by atoms with van der Waals surface area (Å²) in [6.45, 7) is 4.11. The Bertz CT molecular complexity index is 1120. The number of rotatable bonds is 3. The van der Waals surface area contributed by atoms with Crippen LogP contribution in [0.3, 0.4) is 0 Å². The number of thioether (sulfide) groups is 1. The molecule has 0 aliphatic carbocycles. The number of aromatic nitrogens is 1. The van der Waals surface area contributed by atoms with Gasteiger partial charge in [-0.15, -0.1) is 0 Å². The highest BCUT2D eigenvalue weighted by Gasteiger charge is 2.33. The Morgan fingerprint density at radius 2 is 1.75 bits per heavy atom. The van der Waals surface area contributed by atoms with Crippen LogP contribution in [0, 0.1) is 13.8 Å². The Morgan fingerprint density at radius 3 is 2.46 bits per heavy atom. The maximum atomic E-state index is 13.0. The van der Waals surface area contributed by atoms with Gasteiger partial charge >= 0.3 is 0 Å². The average Bonchev–Trinajstić information content (AvgIpc) is 3.12. The summed E-state index contributed by atoms with van der Waals surface area (Å²) in [7, 11) is 0. The predicted molar refractivity (Wildman–Crippen MR) is 122 cm³/mol. The molecule has 4 rings (SSSR count). The topological polar surface area (TPSA) is 25.2 Å². The summed E-state index contributed by atoms with van der Waals surface area (Å²) in [5.74, 6) is -0.122. The zero-order chi connectivity index (χ0) is 19.8. The van der Waals surface area contributed by atoms with Gasteiger partial charge in [-0.1, -0.05) is 59.8 Å². The van der Waals surface area contributed by atoms with Crippen molar-refractivity contribution in [3.63, 3.8) is 0 Å². The number of carbonyl (C=O) groups is 1. The second-order valence-corrected chi connectivity index (χ2v) is 8.63. The number of aryl methyl sites for hydroxylation is 1. The zero-order valence-electron chi connectivity index (χ0n) is 15.3. The fourth-order valence-corrected chi connectivity index (χ4v) is 4.75. The maximum Gasteiger partial charge on any atom is 0.270 e. The van der Waals surface area contributed by atoms with Crippen LogP contribution in [-0.2, 0) is 4.79 Å². The molecule has 0 unspecified atom stereocenters. The van der Waals surface area contributed by atoms with E-state index in [9.17, 15) is 4.79 Å². The molecule has 3 aromatic rings. The van der Waals surface area contributed by atoms with Crippen LogP contribution in [0.5, 0.6) is 0 Å². The molecule has 0 N–H and O–H groups in total. The molecule has 0 saturated carbocycles. The lowest BCUT2D eigenvalue weighted by atomic mass is 10.1. The SMILES string of the molecule is Cc1cn(-c2ccccc2)c(C)c1C=C1SC(=S)N(c2cccc(Cl)c2)C1=O. The van der Waals surface area contributed by atoms with Gasteiger partial charge in [0.05, 0.1) is 10.6 Å². The molecule has 6 heteroatoms. The minimum absolute atomic E-state index is 0.122. The molecule has 0 atom stereocenters. The van der Waals surface area contributed by atoms with Gasteiger partial charge in [0.1, 0.15) is 0 Å². The highest BCUT2D eigenvalue weighted by molar-refractivity contribution is 8.27. The van der Waals surface area contributed by atoms with Crippen LogP contribution in [0.4, 0.5) is 5.69 Å². The van der Waals surface area contributed by atoms with E-state index in [2.05, 4.69) is 36.7 Å². The summed E-state index contributed by atoms with van der Waals surface area (Å²) in [4.78, 5) is 15.2. The minimum Gasteiger partial charge on any atom is -0.320 e. The van der Waals surface area contributed by atoms with Gasteiger partial charge in [0.15, 0.2) is 4.32 Å². The number of benzene rings is 2. The second-order valence-electron chi connectivity index (χ2n) is 6.51. The number of halogens is 1. The third kappa shape index (κ3) is 3.41. The lowest BCUT2D eigenvalue weighted by Gasteiger charge is -2.14. The Hall–Kier alpha value is -2.34. The Balaban J connectivity index is 1.72. The monoisotopic (exact) mass is 424 g/mol. The summed E-state index contributed by atoms with van der Waals surface area (Å²) >= 11 is 12.9. The van der Waals surface area contributed by atoms with Crippen LogP contribution in [0.15, 0.2) is 65.7 Å². The zero-order valence-corrected chi connectivity index (χ0v) is 17.7. The number of para-hydroxylation sites is 1. The lowest BCUT2D eigenvalue weighted by Crippen LogP contribution is -2.27. The van der Waals surface area contributed by atoms with Gasteiger partial charge in [-0.3, -0.25) is 9.69 Å². The van der Waals surface area contributed by atoms with Crippen molar-refractivity contribution in [1.29, 1.82) is 0 Å². The van der Waals surface area contributed by atoms with E-state index in [0.29, 0.717) is 19.9 Å². The van der Waals surface area contributed by atoms with Crippen LogP contribution in [-0.4, -0.2) is 14.8 Å². The molecule has 1 fully saturated rings. The van der Waals surface area contributed by atoms with E-state index in [1.165, 1.54) is 16.7 Å². The Morgan fingerprint density at radius 1 is 1.04 bits per heavy atom. The van der Waals surface area contributed by atoms with E-state index in [4.69, 9.17) is 23.8 Å². The first-order valence-corrected chi connectivity index (χ1v) is 10.3. The number of hydrogen-bond donors (Lipinski definition) is 0. The fraction of sp³-hybridized carbons (Fsp3) is 0.0909. The molecule has 1 aliphatic rings. The van der Waals surface area contributed by atoms with Crippen molar-refractivity contribution in [3.8, 4) is 5.69 Å². The highest BCUT2D eigenvalue weighted by Crippen LogP contribution is 2.37. The molecule has 1 aliphatic heterocycles. The van der Waals surface area contributed by atoms with Gasteiger partial charge in [-0.05, 0) is 61.4 Å². The van der Waals surface area contributed by atoms with Crippen LogP contribution < -0.4 is 4.90 Å². The van der Waals surface area contributed by atoms with Gasteiger partial charge in [-0.2, -0.15) is 0 Å². The minimum atomic E-state index is -0.122. The number of hydrogen-bond acceptors (Lipinski definition) is 3. The second kappa shape index (κ2) is 7.59. The largest absolute Gasteiger partial charge is 0.320 e. The molecular weight excluding hydrogens is 408 g/mol. The van der Waals surface area contributed by atoms with Crippen molar-refractivity contribution < 1.29 is 4.79 Å². The molecule has 3 nitrogen and oxygen atoms in total. The van der Waals surface area contributed by atoms with Gasteiger partial charge in [0, 0.05) is 22.6 Å². The normalized spacial score (nSPS) is 15.7. The molecular formula is C22H17ClN2OS2. The number of thiocarbonyl (C=S) groups is 1. The molecule has 140 valence electrons. The van der Waals surface area contributed by atoms with Crippen LogP contribution in [0.1, 0.15) is 16.8 Å². The van der Waals surface area contributed by atoms with Crippen molar-refractivity contribution in [2.24, 2.45) is 0 Å². The fourth-order valence-electron chi connectivity index (χ4n) is 3.29. The molecule has 1 saturated heterocycles. The van der Waals surface area contributed by atoms with Crippen LogP contribution in [0.25, 0.3) is 11.8 Å². The third-order valence-electron chi connectivity index (χ3n) is 4.67. The third-order valence-corrected chi connectivity index (χ3v) is 6.21. The van der Waals surface area contributed by atoms with Gasteiger partial charge in [-0.25, -0.2) is 0 Å². The van der Waals surface area contributed by atoms with E-state index in [0.717, 1.165) is 22.5 Å². The molecule has 0 radical (unpaired) electrons. The number of nitrogens with zero attached hydrogens (tertiary/aromatic N) is 2. The van der Waals surface area contributed by atoms with E-state index < -0.39 is 0 Å². The summed E-state index contributed by atoms with van der Waals surface area (Å²) in [6.07, 6.45) is 4.03. The first-order valence-electron chi connectivity index (χ1n) is 8.73.